The zero-order valence-corrected chi connectivity index (χ0v) is 25.0. The van der Waals surface area contributed by atoms with E-state index in [1.54, 1.807) is 0 Å². The van der Waals surface area contributed by atoms with Gasteiger partial charge in [-0.05, 0) is 95.9 Å². The number of hydrogen-bond donors (Lipinski definition) is 0. The molecule has 3 heterocycles. The van der Waals surface area contributed by atoms with Crippen LogP contribution in [0.2, 0.25) is 0 Å². The Balaban J connectivity index is 1.72. The summed E-state index contributed by atoms with van der Waals surface area (Å²) in [4.78, 5) is 6.18. The van der Waals surface area contributed by atoms with Crippen LogP contribution in [0, 0.1) is 44.3 Å². The summed E-state index contributed by atoms with van der Waals surface area (Å²) in [6.45, 7) is 33.4. The molecule has 5 rings (SSSR count). The third-order valence-electron chi connectivity index (χ3n) is 12.2. The second kappa shape index (κ2) is 7.27. The second-order valence-corrected chi connectivity index (χ2v) is 17.3. The fourth-order valence-electron chi connectivity index (χ4n) is 11.8. The zero-order valence-electron chi connectivity index (χ0n) is 25.0. The molecule has 34 heavy (non-hydrogen) atoms. The Kier molecular flexibility index (Phi) is 5.47. The first-order chi connectivity index (χ1) is 15.4. The Hall–Kier alpha value is -0.0800. The van der Waals surface area contributed by atoms with E-state index in [1.165, 1.54) is 51.6 Å². The number of nitrogens with zero attached hydrogens (tertiary/aromatic N) is 2. The third kappa shape index (κ3) is 3.25. The van der Waals surface area contributed by atoms with Crippen molar-refractivity contribution >= 4 is 0 Å². The predicted molar refractivity (Wildman–Crippen MR) is 146 cm³/mol. The van der Waals surface area contributed by atoms with E-state index in [-0.39, 0.29) is 0 Å². The minimum atomic E-state index is 0.367. The van der Waals surface area contributed by atoms with E-state index in [0.29, 0.717) is 44.6 Å². The molecule has 0 spiro atoms. The summed E-state index contributed by atoms with van der Waals surface area (Å²) in [5.41, 5.74) is 2.61. The van der Waals surface area contributed by atoms with Crippen LogP contribution in [0.3, 0.4) is 0 Å². The highest BCUT2D eigenvalue weighted by atomic mass is 15.3. The van der Waals surface area contributed by atoms with Gasteiger partial charge < -0.3 is 0 Å². The van der Waals surface area contributed by atoms with Crippen LogP contribution in [0.1, 0.15) is 122 Å². The molecule has 0 amide bonds. The van der Waals surface area contributed by atoms with Crippen molar-refractivity contribution in [2.75, 3.05) is 13.1 Å². The van der Waals surface area contributed by atoms with Gasteiger partial charge in [-0.1, -0.05) is 83.1 Å². The van der Waals surface area contributed by atoms with E-state index in [0.717, 1.165) is 23.9 Å². The molecule has 0 aromatic rings. The maximum Gasteiger partial charge on any atom is 0.0190 e. The molecule has 3 saturated heterocycles. The van der Waals surface area contributed by atoms with Crippen LogP contribution in [0.4, 0.5) is 0 Å². The zero-order chi connectivity index (χ0) is 25.3. The Morgan fingerprint density at radius 1 is 0.618 bits per heavy atom. The molecule has 5 aliphatic rings. The molecular weight excluding hydrogens is 412 g/mol. The summed E-state index contributed by atoms with van der Waals surface area (Å²) in [5, 5.41) is 0. The van der Waals surface area contributed by atoms with Crippen molar-refractivity contribution in [1.29, 1.82) is 0 Å². The standard InChI is InChI=1S/C32H58N2/c1-13-33-21(17-27(3,4)5)31(11)20-32(12,22(33)18-28(6,7)8)24-23(31)25-29(9)15-16-30(10,19-29)26(24)34(25)14-2/h21-26H,13-20H2,1-12H3. The van der Waals surface area contributed by atoms with Crippen LogP contribution in [-0.2, 0) is 0 Å². The number of rotatable bonds is 4. The van der Waals surface area contributed by atoms with Gasteiger partial charge in [0.15, 0.2) is 0 Å². The summed E-state index contributed by atoms with van der Waals surface area (Å²) in [5.74, 6) is 1.72. The van der Waals surface area contributed by atoms with Gasteiger partial charge in [-0.2, -0.15) is 0 Å². The minimum absolute atomic E-state index is 0.367. The topological polar surface area (TPSA) is 6.48 Å². The Labute approximate surface area is 213 Å². The summed E-state index contributed by atoms with van der Waals surface area (Å²) < 4.78 is 0. The number of piperidine rings is 2. The SMILES string of the molecule is CCN1C2C3C(C1C1(C)CCC2(C)C1)C1(C)CC3(C)C(CC(C)(C)C)N(CC)C1CC(C)(C)C. The van der Waals surface area contributed by atoms with E-state index in [9.17, 15) is 0 Å². The molecule has 10 unspecified atom stereocenters. The van der Waals surface area contributed by atoms with Gasteiger partial charge in [-0.15, -0.1) is 0 Å². The fraction of sp³-hybridized carbons (Fsp3) is 1.00. The molecule has 2 nitrogen and oxygen atoms in total. The Morgan fingerprint density at radius 3 is 1.32 bits per heavy atom. The third-order valence-corrected chi connectivity index (χ3v) is 12.2. The molecule has 0 radical (unpaired) electrons. The van der Waals surface area contributed by atoms with Crippen molar-refractivity contribution in [2.45, 2.75) is 146 Å². The maximum atomic E-state index is 3.10. The van der Waals surface area contributed by atoms with Crippen molar-refractivity contribution < 1.29 is 0 Å². The molecule has 0 N–H and O–H groups in total. The van der Waals surface area contributed by atoms with Crippen LogP contribution in [0.5, 0.6) is 0 Å². The summed E-state index contributed by atoms with van der Waals surface area (Å²) in [6.07, 6.45) is 8.55. The van der Waals surface area contributed by atoms with Gasteiger partial charge in [0.25, 0.3) is 0 Å². The summed E-state index contributed by atoms with van der Waals surface area (Å²) in [7, 11) is 0. The van der Waals surface area contributed by atoms with Crippen LogP contribution in [0.15, 0.2) is 0 Å². The van der Waals surface area contributed by atoms with Gasteiger partial charge in [-0.3, -0.25) is 9.80 Å². The Bertz CT molecular complexity index is 758. The van der Waals surface area contributed by atoms with Gasteiger partial charge in [0.05, 0.1) is 0 Å². The molecule has 2 aliphatic carbocycles. The lowest BCUT2D eigenvalue weighted by Gasteiger charge is -2.61. The lowest BCUT2D eigenvalue weighted by atomic mass is 9.57. The minimum Gasteiger partial charge on any atom is -0.297 e. The van der Waals surface area contributed by atoms with Crippen LogP contribution in [-0.4, -0.2) is 47.1 Å². The summed E-state index contributed by atoms with van der Waals surface area (Å²) in [6, 6.07) is 3.01. The molecular formula is C32H58N2. The number of hydrogen-bond acceptors (Lipinski definition) is 2. The molecule has 10 atom stereocenters. The van der Waals surface area contributed by atoms with E-state index in [1.807, 2.05) is 0 Å². The predicted octanol–water partition coefficient (Wildman–Crippen LogP) is 7.86. The van der Waals surface area contributed by atoms with Crippen molar-refractivity contribution in [1.82, 2.24) is 9.80 Å². The number of likely N-dealkylation sites (tertiary alicyclic amines) is 1. The lowest BCUT2D eigenvalue weighted by Crippen LogP contribution is -2.65. The van der Waals surface area contributed by atoms with Gasteiger partial charge in [0, 0.05) is 24.2 Å². The largest absolute Gasteiger partial charge is 0.297 e. The van der Waals surface area contributed by atoms with Crippen molar-refractivity contribution in [3.8, 4) is 0 Å². The van der Waals surface area contributed by atoms with E-state index < -0.39 is 0 Å². The van der Waals surface area contributed by atoms with Gasteiger partial charge in [-0.25, -0.2) is 0 Å². The smallest absolute Gasteiger partial charge is 0.0190 e. The quantitative estimate of drug-likeness (QED) is 0.412. The molecule has 2 saturated carbocycles. The van der Waals surface area contributed by atoms with Crippen molar-refractivity contribution in [3.05, 3.63) is 0 Å². The van der Waals surface area contributed by atoms with Crippen molar-refractivity contribution in [3.63, 3.8) is 0 Å². The fourth-order valence-corrected chi connectivity index (χ4v) is 11.8. The molecule has 0 aromatic carbocycles. The highest BCUT2D eigenvalue weighted by molar-refractivity contribution is 5.31. The van der Waals surface area contributed by atoms with E-state index in [4.69, 9.17) is 0 Å². The molecule has 2 heteroatoms. The normalized spacial score (nSPS) is 52.9. The highest BCUT2D eigenvalue weighted by Gasteiger charge is 2.79. The average Bonchev–Trinajstić information content (AvgIpc) is 3.23. The Morgan fingerprint density at radius 2 is 1.00 bits per heavy atom. The average molecular weight is 471 g/mol. The first-order valence-electron chi connectivity index (χ1n) is 15.0. The van der Waals surface area contributed by atoms with E-state index >= 15 is 0 Å². The second-order valence-electron chi connectivity index (χ2n) is 17.3. The van der Waals surface area contributed by atoms with Crippen LogP contribution in [0.25, 0.3) is 0 Å². The molecule has 0 aromatic heterocycles. The first-order valence-corrected chi connectivity index (χ1v) is 15.0. The van der Waals surface area contributed by atoms with Gasteiger partial charge >= 0.3 is 0 Å². The van der Waals surface area contributed by atoms with Crippen LogP contribution < -0.4 is 0 Å². The molecule has 5 fully saturated rings. The molecule has 6 bridgehead atoms. The van der Waals surface area contributed by atoms with Crippen molar-refractivity contribution in [2.24, 2.45) is 44.3 Å². The maximum absolute atomic E-state index is 3.10. The summed E-state index contributed by atoms with van der Waals surface area (Å²) >= 11 is 0. The van der Waals surface area contributed by atoms with Gasteiger partial charge in [0.1, 0.15) is 0 Å². The van der Waals surface area contributed by atoms with Gasteiger partial charge in [0.2, 0.25) is 0 Å². The number of fused-ring (bicyclic) bond motifs is 13. The van der Waals surface area contributed by atoms with Crippen LogP contribution >= 0.6 is 0 Å². The highest BCUT2D eigenvalue weighted by Crippen LogP contribution is 2.79. The first kappa shape index (κ1) is 25.6. The van der Waals surface area contributed by atoms with E-state index in [2.05, 4.69) is 92.9 Å². The lowest BCUT2D eigenvalue weighted by molar-refractivity contribution is -0.123. The molecule has 196 valence electrons. The monoisotopic (exact) mass is 470 g/mol. The molecule has 3 aliphatic heterocycles.